The molecule has 0 unspecified atom stereocenters. The van der Waals surface area contributed by atoms with Crippen LogP contribution in [0.25, 0.3) is 22.6 Å². The number of ether oxygens (including phenoxy) is 1. The third kappa shape index (κ3) is 6.88. The highest BCUT2D eigenvalue weighted by molar-refractivity contribution is 5.99. The highest BCUT2D eigenvalue weighted by Crippen LogP contribution is 2.34. The Labute approximate surface area is 280 Å². The van der Waals surface area contributed by atoms with Gasteiger partial charge in [0.1, 0.15) is 5.82 Å². The summed E-state index contributed by atoms with van der Waals surface area (Å²) in [5.74, 6) is -0.419. The molecule has 4 aromatic carbocycles. The minimum atomic E-state index is -0.956. The molecule has 3 heterocycles. The maximum absolute atomic E-state index is 14.8. The first-order valence-corrected chi connectivity index (χ1v) is 16.5. The highest BCUT2D eigenvalue weighted by atomic mass is 16.5. The summed E-state index contributed by atoms with van der Waals surface area (Å²) in [6.07, 6.45) is 0.592. The van der Waals surface area contributed by atoms with E-state index in [1.54, 1.807) is 12.1 Å². The first kappa shape index (κ1) is 31.4. The highest BCUT2D eigenvalue weighted by Gasteiger charge is 2.34. The van der Waals surface area contributed by atoms with Crippen molar-refractivity contribution in [1.82, 2.24) is 19.8 Å². The van der Waals surface area contributed by atoms with Gasteiger partial charge in [-0.15, -0.1) is 0 Å². The maximum Gasteiger partial charge on any atom is 0.335 e. The number of carboxylic acid groups (broad SMARTS) is 1. The Hall–Kier alpha value is -5.25. The van der Waals surface area contributed by atoms with Crippen LogP contribution >= 0.6 is 0 Å². The van der Waals surface area contributed by atoms with Crippen LogP contribution in [0.15, 0.2) is 109 Å². The Morgan fingerprint density at radius 1 is 0.792 bits per heavy atom. The minimum Gasteiger partial charge on any atom is -0.478 e. The Balaban J connectivity index is 1.24. The van der Waals surface area contributed by atoms with E-state index in [4.69, 9.17) is 9.72 Å². The summed E-state index contributed by atoms with van der Waals surface area (Å²) in [5, 5.41) is 9.43. The lowest BCUT2D eigenvalue weighted by Gasteiger charge is -2.41. The van der Waals surface area contributed by atoms with Crippen molar-refractivity contribution >= 4 is 17.6 Å². The van der Waals surface area contributed by atoms with Crippen LogP contribution in [0, 0.1) is 0 Å². The van der Waals surface area contributed by atoms with Gasteiger partial charge in [-0.3, -0.25) is 9.69 Å². The van der Waals surface area contributed by atoms with Gasteiger partial charge in [0, 0.05) is 62.1 Å². The SMILES string of the molecule is O=C(O)c1ccc(C[C@@H]2CN(Cc3ccccc3)CCN2C(=O)c2nc(-c3ccccc3N3CCOCC3)[nH]c2-c2ccccc2)cc1. The molecule has 0 bridgehead atoms. The number of imidazole rings is 1. The molecule has 244 valence electrons. The fourth-order valence-electron chi connectivity index (χ4n) is 6.76. The number of carboxylic acids is 1. The average molecular weight is 642 g/mol. The molecular weight excluding hydrogens is 602 g/mol. The zero-order valence-corrected chi connectivity index (χ0v) is 26.8. The van der Waals surface area contributed by atoms with E-state index < -0.39 is 5.97 Å². The number of aromatic amines is 1. The number of H-pyrrole nitrogens is 1. The van der Waals surface area contributed by atoms with E-state index in [1.165, 1.54) is 5.56 Å². The van der Waals surface area contributed by atoms with Gasteiger partial charge in [-0.2, -0.15) is 0 Å². The van der Waals surface area contributed by atoms with E-state index in [2.05, 4.69) is 39.0 Å². The molecule has 2 aliphatic heterocycles. The van der Waals surface area contributed by atoms with Crippen molar-refractivity contribution in [2.24, 2.45) is 0 Å². The molecule has 0 saturated carbocycles. The van der Waals surface area contributed by atoms with E-state index in [1.807, 2.05) is 77.7 Å². The number of anilines is 1. The molecule has 2 fully saturated rings. The van der Waals surface area contributed by atoms with Crippen molar-refractivity contribution in [1.29, 1.82) is 0 Å². The Bertz CT molecular complexity index is 1850. The van der Waals surface area contributed by atoms with Crippen molar-refractivity contribution in [3.8, 4) is 22.6 Å². The van der Waals surface area contributed by atoms with Crippen molar-refractivity contribution in [3.63, 3.8) is 0 Å². The van der Waals surface area contributed by atoms with Gasteiger partial charge in [0.05, 0.1) is 24.5 Å². The lowest BCUT2D eigenvalue weighted by Crippen LogP contribution is -2.55. The number of para-hydroxylation sites is 1. The molecule has 7 rings (SSSR count). The standard InChI is InChI=1S/C39H39N5O4/c45-38(44-20-19-42(26-29-9-3-1-4-10-29)27-32(44)25-28-15-17-31(18-16-28)39(46)47)36-35(30-11-5-2-6-12-30)40-37(41-36)33-13-7-8-14-34(33)43-21-23-48-24-22-43/h1-18,32H,19-27H2,(H,40,41)(H,46,47)/t32-/m1/s1. The lowest BCUT2D eigenvalue weighted by atomic mass is 9.99. The Morgan fingerprint density at radius 2 is 1.48 bits per heavy atom. The smallest absolute Gasteiger partial charge is 0.335 e. The summed E-state index contributed by atoms with van der Waals surface area (Å²) < 4.78 is 5.61. The number of carbonyl (C=O) groups excluding carboxylic acids is 1. The monoisotopic (exact) mass is 641 g/mol. The molecule has 0 aliphatic carbocycles. The molecule has 1 atom stereocenters. The number of hydrogen-bond acceptors (Lipinski definition) is 6. The number of benzene rings is 4. The van der Waals surface area contributed by atoms with Crippen LogP contribution in [0.5, 0.6) is 0 Å². The van der Waals surface area contributed by atoms with Crippen molar-refractivity contribution in [3.05, 3.63) is 132 Å². The van der Waals surface area contributed by atoms with Gasteiger partial charge < -0.3 is 24.6 Å². The van der Waals surface area contributed by atoms with E-state index >= 15 is 0 Å². The zero-order valence-electron chi connectivity index (χ0n) is 26.8. The third-order valence-electron chi connectivity index (χ3n) is 9.23. The number of rotatable bonds is 9. The Kier molecular flexibility index (Phi) is 9.31. The number of nitrogens with one attached hydrogen (secondary N) is 1. The normalized spacial score (nSPS) is 17.0. The summed E-state index contributed by atoms with van der Waals surface area (Å²) in [4.78, 5) is 41.5. The topological polar surface area (TPSA) is 102 Å². The molecule has 48 heavy (non-hydrogen) atoms. The number of hydrogen-bond donors (Lipinski definition) is 2. The molecule has 1 aromatic heterocycles. The summed E-state index contributed by atoms with van der Waals surface area (Å²) in [5.41, 5.74) is 6.45. The second kappa shape index (κ2) is 14.3. The van der Waals surface area contributed by atoms with Crippen molar-refractivity contribution in [2.45, 2.75) is 19.0 Å². The van der Waals surface area contributed by atoms with Crippen LogP contribution in [-0.2, 0) is 17.7 Å². The quantitative estimate of drug-likeness (QED) is 0.208. The zero-order chi connectivity index (χ0) is 32.9. The van der Waals surface area contributed by atoms with E-state index in [-0.39, 0.29) is 17.5 Å². The first-order valence-electron chi connectivity index (χ1n) is 16.5. The maximum atomic E-state index is 14.8. The van der Waals surface area contributed by atoms with E-state index in [9.17, 15) is 14.7 Å². The van der Waals surface area contributed by atoms with Crippen LogP contribution in [0.1, 0.15) is 32.0 Å². The number of piperazine rings is 1. The molecule has 2 saturated heterocycles. The van der Waals surface area contributed by atoms with Gasteiger partial charge in [0.15, 0.2) is 5.69 Å². The fraction of sp³-hybridized carbons (Fsp3) is 0.256. The summed E-state index contributed by atoms with van der Waals surface area (Å²) in [6, 6.07) is 35.3. The summed E-state index contributed by atoms with van der Waals surface area (Å²) in [6.45, 7) is 5.66. The van der Waals surface area contributed by atoms with E-state index in [0.717, 1.165) is 48.6 Å². The van der Waals surface area contributed by atoms with Crippen LogP contribution in [-0.4, -0.2) is 88.7 Å². The van der Waals surface area contributed by atoms with Crippen molar-refractivity contribution < 1.29 is 19.4 Å². The van der Waals surface area contributed by atoms with Crippen LogP contribution < -0.4 is 4.90 Å². The Morgan fingerprint density at radius 3 is 2.21 bits per heavy atom. The molecule has 0 spiro atoms. The van der Waals surface area contributed by atoms with Crippen LogP contribution in [0.4, 0.5) is 5.69 Å². The number of aromatic nitrogens is 2. The molecular formula is C39H39N5O4. The molecule has 1 amide bonds. The van der Waals surface area contributed by atoms with Gasteiger partial charge >= 0.3 is 5.97 Å². The molecule has 0 radical (unpaired) electrons. The number of carbonyl (C=O) groups is 2. The molecule has 2 N–H and O–H groups in total. The van der Waals surface area contributed by atoms with Gasteiger partial charge in [-0.25, -0.2) is 9.78 Å². The van der Waals surface area contributed by atoms with Crippen LogP contribution in [0.2, 0.25) is 0 Å². The van der Waals surface area contributed by atoms with Gasteiger partial charge in [0.25, 0.3) is 5.91 Å². The average Bonchev–Trinajstić information content (AvgIpc) is 3.59. The predicted octanol–water partition coefficient (Wildman–Crippen LogP) is 5.85. The first-order chi connectivity index (χ1) is 23.5. The summed E-state index contributed by atoms with van der Waals surface area (Å²) in [7, 11) is 0. The fourth-order valence-corrected chi connectivity index (χ4v) is 6.76. The number of morpholine rings is 1. The molecule has 2 aliphatic rings. The lowest BCUT2D eigenvalue weighted by molar-refractivity contribution is 0.0434. The molecule has 5 aromatic rings. The van der Waals surface area contributed by atoms with Crippen molar-refractivity contribution in [2.75, 3.05) is 50.8 Å². The third-order valence-corrected chi connectivity index (χ3v) is 9.23. The number of aromatic carboxylic acids is 1. The second-order valence-corrected chi connectivity index (χ2v) is 12.4. The van der Waals surface area contributed by atoms with Gasteiger partial charge in [0.2, 0.25) is 0 Å². The van der Waals surface area contributed by atoms with E-state index in [0.29, 0.717) is 49.9 Å². The minimum absolute atomic E-state index is 0.119. The predicted molar refractivity (Wildman–Crippen MR) is 186 cm³/mol. The van der Waals surface area contributed by atoms with Gasteiger partial charge in [-0.05, 0) is 41.8 Å². The molecule has 9 heteroatoms. The number of nitrogens with zero attached hydrogens (tertiary/aromatic N) is 4. The molecule has 9 nitrogen and oxygen atoms in total. The number of amides is 1. The summed E-state index contributed by atoms with van der Waals surface area (Å²) >= 11 is 0. The largest absolute Gasteiger partial charge is 0.478 e. The van der Waals surface area contributed by atoms with Crippen LogP contribution in [0.3, 0.4) is 0 Å². The second-order valence-electron chi connectivity index (χ2n) is 12.4. The van der Waals surface area contributed by atoms with Gasteiger partial charge in [-0.1, -0.05) is 84.9 Å².